The first-order valence-electron chi connectivity index (χ1n) is 39.5. The zero-order valence-corrected chi connectivity index (χ0v) is 63.8. The van der Waals surface area contributed by atoms with Crippen molar-refractivity contribution in [1.29, 1.82) is 0 Å². The number of hydrogen-bond donors (Lipinski definition) is 3. The van der Waals surface area contributed by atoms with E-state index >= 15 is 0 Å². The smallest absolute Gasteiger partial charge is 0.462 e. The molecule has 0 amide bonds. The summed E-state index contributed by atoms with van der Waals surface area (Å²) in [7, 11) is -9.91. The predicted molar refractivity (Wildman–Crippen MR) is 386 cm³/mol. The lowest BCUT2D eigenvalue weighted by Crippen LogP contribution is -2.30. The summed E-state index contributed by atoms with van der Waals surface area (Å²) < 4.78 is 68.5. The topological polar surface area (TPSA) is 237 Å². The van der Waals surface area contributed by atoms with Crippen molar-refractivity contribution >= 4 is 39.5 Å². The Morgan fingerprint density at radius 1 is 0.284 bits per heavy atom. The minimum Gasteiger partial charge on any atom is -0.462 e. The van der Waals surface area contributed by atoms with E-state index in [9.17, 15) is 43.2 Å². The van der Waals surface area contributed by atoms with Crippen molar-refractivity contribution in [3.8, 4) is 0 Å². The second-order valence-corrected chi connectivity index (χ2v) is 31.3. The molecule has 0 bridgehead atoms. The summed E-state index contributed by atoms with van der Waals surface area (Å²) in [6.45, 7) is 9.55. The fourth-order valence-electron chi connectivity index (χ4n) is 11.7. The Kier molecular flexibility index (Phi) is 66.5. The third-order valence-electron chi connectivity index (χ3n) is 17.7. The van der Waals surface area contributed by atoms with E-state index in [1.54, 1.807) is 0 Å². The Morgan fingerprint density at radius 3 is 0.716 bits per heavy atom. The highest BCUT2D eigenvalue weighted by molar-refractivity contribution is 7.47. The van der Waals surface area contributed by atoms with E-state index in [2.05, 4.69) is 41.5 Å². The van der Waals surface area contributed by atoms with Gasteiger partial charge in [-0.15, -0.1) is 0 Å². The maximum atomic E-state index is 13.1. The highest BCUT2D eigenvalue weighted by Gasteiger charge is 2.30. The SMILES string of the molecule is CCCCCCCCCCCCCCCCCCCC(=O)O[C@H](COC(=O)CCCCCCCCCCCCCC(C)C)COP(=O)(O)OC[C@@H](O)COP(=O)(O)OC[C@@H](COC(=O)CCCCCCCCCC(C)C)OC(=O)CCCCCCCCCCCCCCCC. The van der Waals surface area contributed by atoms with Crippen LogP contribution in [-0.4, -0.2) is 96.7 Å². The molecule has 0 spiro atoms. The summed E-state index contributed by atoms with van der Waals surface area (Å²) in [5, 5.41) is 10.6. The molecule has 0 aliphatic rings. The molecule has 0 aromatic heterocycles. The largest absolute Gasteiger partial charge is 0.472 e. The molecule has 0 aromatic carbocycles. The number of esters is 4. The minimum absolute atomic E-state index is 0.107. The summed E-state index contributed by atoms with van der Waals surface area (Å²) in [6.07, 6.45) is 55.5. The molecule has 0 fully saturated rings. The van der Waals surface area contributed by atoms with Crippen LogP contribution in [0.3, 0.4) is 0 Å². The normalized spacial score (nSPS) is 14.0. The number of unbranched alkanes of at least 4 members (excludes halogenated alkanes) is 45. The van der Waals surface area contributed by atoms with E-state index in [-0.39, 0.29) is 25.7 Å². The van der Waals surface area contributed by atoms with Gasteiger partial charge in [0.2, 0.25) is 0 Å². The molecule has 0 aliphatic carbocycles. The van der Waals surface area contributed by atoms with Crippen LogP contribution in [-0.2, 0) is 65.4 Å². The first-order valence-corrected chi connectivity index (χ1v) is 42.5. The van der Waals surface area contributed by atoms with Crippen molar-refractivity contribution in [3.05, 3.63) is 0 Å². The fraction of sp³-hybridized carbons (Fsp3) is 0.947. The molecule has 95 heavy (non-hydrogen) atoms. The molecule has 0 saturated heterocycles. The Morgan fingerprint density at radius 2 is 0.484 bits per heavy atom. The van der Waals surface area contributed by atoms with Crippen LogP contribution < -0.4 is 0 Å². The van der Waals surface area contributed by atoms with Gasteiger partial charge in [0.05, 0.1) is 26.4 Å². The molecule has 19 heteroatoms. The van der Waals surface area contributed by atoms with Gasteiger partial charge in [-0.25, -0.2) is 9.13 Å². The van der Waals surface area contributed by atoms with Gasteiger partial charge in [-0.1, -0.05) is 343 Å². The lowest BCUT2D eigenvalue weighted by atomic mass is 10.0. The number of phosphoric acid groups is 2. The third kappa shape index (κ3) is 70.3. The Hall–Kier alpha value is -1.94. The lowest BCUT2D eigenvalue weighted by molar-refractivity contribution is -0.161. The Labute approximate surface area is 581 Å². The predicted octanol–water partition coefficient (Wildman–Crippen LogP) is 22.3. The van der Waals surface area contributed by atoms with Gasteiger partial charge in [-0.2, -0.15) is 0 Å². The minimum atomic E-state index is -4.96. The second kappa shape index (κ2) is 67.9. The summed E-state index contributed by atoms with van der Waals surface area (Å²) in [5.74, 6) is -0.638. The number of aliphatic hydroxyl groups is 1. The molecule has 0 rings (SSSR count). The van der Waals surface area contributed by atoms with E-state index in [0.29, 0.717) is 31.6 Å². The van der Waals surface area contributed by atoms with E-state index < -0.39 is 97.5 Å². The van der Waals surface area contributed by atoms with Crippen LogP contribution in [0.5, 0.6) is 0 Å². The number of hydrogen-bond acceptors (Lipinski definition) is 15. The third-order valence-corrected chi connectivity index (χ3v) is 19.6. The van der Waals surface area contributed by atoms with Gasteiger partial charge in [-0.05, 0) is 37.5 Å². The molecule has 0 heterocycles. The zero-order valence-electron chi connectivity index (χ0n) is 62.0. The maximum absolute atomic E-state index is 13.1. The van der Waals surface area contributed by atoms with Crippen molar-refractivity contribution in [2.24, 2.45) is 11.8 Å². The molecule has 5 atom stereocenters. The number of carbonyl (C=O) groups excluding carboxylic acids is 4. The van der Waals surface area contributed by atoms with E-state index in [1.807, 2.05) is 0 Å². The fourth-order valence-corrected chi connectivity index (χ4v) is 13.2. The van der Waals surface area contributed by atoms with Gasteiger partial charge in [0.15, 0.2) is 12.2 Å². The quantitative estimate of drug-likeness (QED) is 0.0222. The molecule has 0 aromatic rings. The number of ether oxygens (including phenoxy) is 4. The highest BCUT2D eigenvalue weighted by atomic mass is 31.2. The lowest BCUT2D eigenvalue weighted by Gasteiger charge is -2.21. The molecular formula is C76H148O17P2. The van der Waals surface area contributed by atoms with Crippen LogP contribution in [0.25, 0.3) is 0 Å². The van der Waals surface area contributed by atoms with Crippen LogP contribution in [0.2, 0.25) is 0 Å². The monoisotopic (exact) mass is 1400 g/mol. The first kappa shape index (κ1) is 93.1. The number of carbonyl (C=O) groups is 4. The van der Waals surface area contributed by atoms with Crippen LogP contribution in [0, 0.1) is 11.8 Å². The van der Waals surface area contributed by atoms with Crippen LogP contribution >= 0.6 is 15.6 Å². The van der Waals surface area contributed by atoms with Crippen LogP contribution in [0.15, 0.2) is 0 Å². The van der Waals surface area contributed by atoms with E-state index in [4.69, 9.17) is 37.0 Å². The van der Waals surface area contributed by atoms with Gasteiger partial charge in [0, 0.05) is 25.7 Å². The number of rotatable bonds is 75. The van der Waals surface area contributed by atoms with Gasteiger partial charge in [0.1, 0.15) is 19.3 Å². The summed E-state index contributed by atoms with van der Waals surface area (Å²) >= 11 is 0. The van der Waals surface area contributed by atoms with Crippen molar-refractivity contribution in [1.82, 2.24) is 0 Å². The van der Waals surface area contributed by atoms with Gasteiger partial charge in [0.25, 0.3) is 0 Å². The van der Waals surface area contributed by atoms with Crippen molar-refractivity contribution in [2.75, 3.05) is 39.6 Å². The van der Waals surface area contributed by atoms with Gasteiger partial charge < -0.3 is 33.8 Å². The number of aliphatic hydroxyl groups excluding tert-OH is 1. The Bertz CT molecular complexity index is 1840. The van der Waals surface area contributed by atoms with Gasteiger partial charge in [-0.3, -0.25) is 37.3 Å². The molecule has 2 unspecified atom stereocenters. The first-order chi connectivity index (χ1) is 45.9. The molecule has 0 aliphatic heterocycles. The Balaban J connectivity index is 5.25. The zero-order chi connectivity index (χ0) is 70.0. The molecule has 0 radical (unpaired) electrons. The van der Waals surface area contributed by atoms with Crippen molar-refractivity contribution < 1.29 is 80.2 Å². The molecule has 17 nitrogen and oxygen atoms in total. The van der Waals surface area contributed by atoms with Crippen LogP contribution in [0.1, 0.15) is 395 Å². The standard InChI is InChI=1S/C76H148O17P2/c1-7-9-11-13-15-17-19-21-23-24-25-27-31-36-42-49-55-61-75(80)92-71(64-86-73(78)58-52-46-40-34-32-28-29-33-38-44-50-56-68(3)4)66-90-94(82,83)88-62-70(77)63-89-95(84,85)91-67-72(65-87-74(79)59-53-47-43-37-39-45-51-57-69(5)6)93-76(81)60-54-48-41-35-30-26-22-20-18-16-14-12-10-8-2/h68-72,77H,7-67H2,1-6H3,(H,82,83)(H,84,85)/t70-,71-,72-/m1/s1. The van der Waals surface area contributed by atoms with E-state index in [0.717, 1.165) is 102 Å². The van der Waals surface area contributed by atoms with Crippen LogP contribution in [0.4, 0.5) is 0 Å². The molecule has 564 valence electrons. The molecular weight excluding hydrogens is 1250 g/mol. The van der Waals surface area contributed by atoms with Crippen molar-refractivity contribution in [2.45, 2.75) is 413 Å². The second-order valence-electron chi connectivity index (χ2n) is 28.3. The van der Waals surface area contributed by atoms with Gasteiger partial charge >= 0.3 is 39.5 Å². The average Bonchev–Trinajstić information content (AvgIpc) is 1.76. The average molecular weight is 1400 g/mol. The summed E-state index contributed by atoms with van der Waals surface area (Å²) in [6, 6.07) is 0. The summed E-state index contributed by atoms with van der Waals surface area (Å²) in [5.41, 5.74) is 0. The molecule has 0 saturated carbocycles. The summed E-state index contributed by atoms with van der Waals surface area (Å²) in [4.78, 5) is 72.8. The highest BCUT2D eigenvalue weighted by Crippen LogP contribution is 2.45. The number of phosphoric ester groups is 2. The van der Waals surface area contributed by atoms with E-state index in [1.165, 1.54) is 205 Å². The molecule has 3 N–H and O–H groups in total. The van der Waals surface area contributed by atoms with Crippen molar-refractivity contribution in [3.63, 3.8) is 0 Å². The maximum Gasteiger partial charge on any atom is 0.472 e.